The number of phosphoric acid groups is 1. The molecule has 0 heterocycles. The second-order valence-electron chi connectivity index (χ2n) is 8.80. The third kappa shape index (κ3) is 19.3. The largest absolute Gasteiger partial charge is 0.472 e. The average Bonchev–Trinajstić information content (AvgIpc) is 2.71. The van der Waals surface area contributed by atoms with Gasteiger partial charge in [-0.05, 0) is 13.8 Å². The first kappa shape index (κ1) is 33.4. The number of phosphoric ester groups is 1. The summed E-state index contributed by atoms with van der Waals surface area (Å²) >= 11 is 0. The molecule has 0 radical (unpaired) electrons. The van der Waals surface area contributed by atoms with E-state index in [4.69, 9.17) is 23.3 Å². The molecule has 0 aliphatic rings. The van der Waals surface area contributed by atoms with Gasteiger partial charge in [0.1, 0.15) is 6.04 Å². The van der Waals surface area contributed by atoms with Gasteiger partial charge in [0.25, 0.3) is 0 Å². The van der Waals surface area contributed by atoms with Crippen molar-refractivity contribution in [3.8, 4) is 0 Å². The van der Waals surface area contributed by atoms with Crippen LogP contribution in [0.15, 0.2) is 0 Å². The third-order valence-corrected chi connectivity index (χ3v) is 5.15. The molecule has 13 nitrogen and oxygen atoms in total. The Morgan fingerprint density at radius 3 is 1.89 bits per heavy atom. The van der Waals surface area contributed by atoms with Crippen LogP contribution >= 0.6 is 7.82 Å². The van der Waals surface area contributed by atoms with Crippen LogP contribution in [0.4, 0.5) is 0 Å². The number of carbonyl (C=O) groups is 3. The second kappa shape index (κ2) is 17.8. The van der Waals surface area contributed by atoms with E-state index in [1.165, 1.54) is 6.92 Å². The average molecular weight is 528 g/mol. The Kier molecular flexibility index (Phi) is 17.0. The van der Waals surface area contributed by atoms with Gasteiger partial charge < -0.3 is 35.1 Å². The van der Waals surface area contributed by atoms with Gasteiger partial charge in [-0.15, -0.1) is 0 Å². The fraction of sp³-hybridized carbons (Fsp3) is 0.857. The maximum Gasteiger partial charge on any atom is 0.472 e. The van der Waals surface area contributed by atoms with Gasteiger partial charge in [-0.25, -0.2) is 4.57 Å². The van der Waals surface area contributed by atoms with Crippen molar-refractivity contribution >= 4 is 25.5 Å². The van der Waals surface area contributed by atoms with E-state index in [1.54, 1.807) is 34.6 Å². The lowest BCUT2D eigenvalue weighted by atomic mass is 9.95. The maximum atomic E-state index is 12.3. The zero-order chi connectivity index (χ0) is 26.9. The van der Waals surface area contributed by atoms with Crippen LogP contribution in [0, 0.1) is 5.41 Å². The maximum absolute atomic E-state index is 12.3. The zero-order valence-electron chi connectivity index (χ0n) is 21.6. The molecule has 0 fully saturated rings. The van der Waals surface area contributed by atoms with Gasteiger partial charge in [0.2, 0.25) is 17.7 Å². The summed E-state index contributed by atoms with van der Waals surface area (Å²) in [6.07, 6.45) is -0.424. The van der Waals surface area contributed by atoms with Crippen molar-refractivity contribution < 1.29 is 47.1 Å². The van der Waals surface area contributed by atoms with Crippen LogP contribution < -0.4 is 16.0 Å². The molecule has 0 aliphatic heterocycles. The van der Waals surface area contributed by atoms with Crippen LogP contribution in [0.3, 0.4) is 0 Å². The van der Waals surface area contributed by atoms with Gasteiger partial charge in [0.15, 0.2) is 0 Å². The Hall–Kier alpha value is -1.60. The fourth-order valence-corrected chi connectivity index (χ4v) is 3.23. The van der Waals surface area contributed by atoms with Crippen molar-refractivity contribution in [3.63, 3.8) is 0 Å². The molecule has 0 bridgehead atoms. The molecule has 35 heavy (non-hydrogen) atoms. The van der Waals surface area contributed by atoms with Crippen LogP contribution in [0.2, 0.25) is 0 Å². The van der Waals surface area contributed by atoms with Crippen molar-refractivity contribution in [2.24, 2.45) is 5.41 Å². The molecular formula is C21H42N3O10P. The van der Waals surface area contributed by atoms with E-state index in [9.17, 15) is 23.8 Å². The summed E-state index contributed by atoms with van der Waals surface area (Å²) in [7, 11) is -4.05. The highest BCUT2D eigenvalue weighted by Crippen LogP contribution is 2.44. The summed E-state index contributed by atoms with van der Waals surface area (Å²) < 4.78 is 36.9. The van der Waals surface area contributed by atoms with Crippen LogP contribution in [0.5, 0.6) is 0 Å². The highest BCUT2D eigenvalue weighted by molar-refractivity contribution is 7.47. The molecule has 4 N–H and O–H groups in total. The molecular weight excluding hydrogens is 485 g/mol. The Labute approximate surface area is 207 Å². The topological polar surface area (TPSA) is 171 Å². The van der Waals surface area contributed by atoms with Gasteiger partial charge in [-0.2, -0.15) is 0 Å². The monoisotopic (exact) mass is 527 g/mol. The summed E-state index contributed by atoms with van der Waals surface area (Å²) in [5.74, 6) is -1.03. The molecule has 0 aromatic heterocycles. The predicted octanol–water partition coefficient (Wildman–Crippen LogP) is 0.361. The smallest absolute Gasteiger partial charge is 0.377 e. The zero-order valence-corrected chi connectivity index (χ0v) is 22.5. The molecule has 3 amide bonds. The minimum Gasteiger partial charge on any atom is -0.377 e. The van der Waals surface area contributed by atoms with Crippen molar-refractivity contribution in [3.05, 3.63) is 0 Å². The van der Waals surface area contributed by atoms with Crippen LogP contribution in [-0.2, 0) is 42.2 Å². The number of carbonyl (C=O) groups excluding carboxylic acids is 3. The van der Waals surface area contributed by atoms with E-state index < -0.39 is 31.3 Å². The van der Waals surface area contributed by atoms with E-state index in [2.05, 4.69) is 16.0 Å². The predicted molar refractivity (Wildman–Crippen MR) is 128 cm³/mol. The van der Waals surface area contributed by atoms with Gasteiger partial charge in [-0.1, -0.05) is 20.8 Å². The first-order chi connectivity index (χ1) is 16.2. The Bertz CT molecular complexity index is 685. The molecule has 0 aromatic carbocycles. The second-order valence-corrected chi connectivity index (χ2v) is 10.2. The number of hydrogen-bond acceptors (Lipinski definition) is 9. The first-order valence-corrected chi connectivity index (χ1v) is 13.0. The van der Waals surface area contributed by atoms with E-state index in [0.29, 0.717) is 19.8 Å². The van der Waals surface area contributed by atoms with Gasteiger partial charge in [0.05, 0.1) is 52.4 Å². The minimum atomic E-state index is -4.05. The molecule has 0 rings (SSSR count). The van der Waals surface area contributed by atoms with Crippen molar-refractivity contribution in [1.82, 2.24) is 16.0 Å². The fourth-order valence-electron chi connectivity index (χ4n) is 2.33. The molecule has 0 aliphatic carbocycles. The molecule has 0 spiro atoms. The highest BCUT2D eigenvalue weighted by Gasteiger charge is 2.25. The molecule has 0 saturated carbocycles. The van der Waals surface area contributed by atoms with Gasteiger partial charge in [0, 0.05) is 25.4 Å². The summed E-state index contributed by atoms with van der Waals surface area (Å²) in [5.41, 5.74) is -0.609. The first-order valence-electron chi connectivity index (χ1n) is 11.5. The van der Waals surface area contributed by atoms with E-state index in [0.717, 1.165) is 0 Å². The summed E-state index contributed by atoms with van der Waals surface area (Å²) in [4.78, 5) is 45.0. The molecule has 2 atom stereocenters. The quantitative estimate of drug-likeness (QED) is 0.136. The van der Waals surface area contributed by atoms with Crippen LogP contribution in [-0.4, -0.2) is 94.1 Å². The number of rotatable bonds is 19. The lowest BCUT2D eigenvalue weighted by molar-refractivity contribution is -0.131. The highest BCUT2D eigenvalue weighted by atomic mass is 31.2. The van der Waals surface area contributed by atoms with Crippen molar-refractivity contribution in [1.29, 1.82) is 0 Å². The molecule has 206 valence electrons. The lowest BCUT2D eigenvalue weighted by Gasteiger charge is -2.22. The van der Waals surface area contributed by atoms with E-state index in [-0.39, 0.29) is 51.3 Å². The number of nitrogens with one attached hydrogen (secondary N) is 3. The third-order valence-electron chi connectivity index (χ3n) is 3.96. The van der Waals surface area contributed by atoms with Gasteiger partial charge in [-0.3, -0.25) is 23.4 Å². The molecule has 14 heteroatoms. The lowest BCUT2D eigenvalue weighted by Crippen LogP contribution is -2.53. The molecule has 0 saturated heterocycles. The van der Waals surface area contributed by atoms with E-state index >= 15 is 0 Å². The molecule has 1 unspecified atom stereocenters. The van der Waals surface area contributed by atoms with E-state index in [1.807, 2.05) is 0 Å². The van der Waals surface area contributed by atoms with Crippen molar-refractivity contribution in [2.45, 2.75) is 53.7 Å². The Morgan fingerprint density at radius 2 is 1.40 bits per heavy atom. The Morgan fingerprint density at radius 1 is 0.886 bits per heavy atom. The summed E-state index contributed by atoms with van der Waals surface area (Å²) in [6.45, 7) is 11.5. The number of ether oxygens (including phenoxy) is 3. The number of amides is 3. The Balaban J connectivity index is 3.83. The SMILES string of the molecule is CC(=O)N[C@@H](CNC(=O)C(C)(C)C)C(=O)NCCOCCOCCOCCOP(=O)(O)OC(C)C. The molecule has 0 aromatic rings. The minimum absolute atomic E-state index is 0.0184. The van der Waals surface area contributed by atoms with Crippen molar-refractivity contribution in [2.75, 3.05) is 59.3 Å². The van der Waals surface area contributed by atoms with Gasteiger partial charge >= 0.3 is 7.82 Å². The number of hydrogen-bond donors (Lipinski definition) is 4. The standard InChI is InChI=1S/C21H42N3O10P/c1-16(2)34-35(28,29)33-14-13-32-12-11-31-10-9-30-8-7-22-19(26)18(24-17(3)25)15-23-20(27)21(4,5)6/h16,18H,7-15H2,1-6H3,(H,22,26)(H,23,27)(H,24,25)(H,28,29)/t18-/m0/s1. The summed E-state index contributed by atoms with van der Waals surface area (Å²) in [6, 6.07) is -0.889. The van der Waals surface area contributed by atoms with Crippen LogP contribution in [0.25, 0.3) is 0 Å². The normalized spacial score (nSPS) is 14.3. The van der Waals surface area contributed by atoms with Crippen LogP contribution in [0.1, 0.15) is 41.5 Å². The summed E-state index contributed by atoms with van der Waals surface area (Å²) in [5, 5.41) is 7.83.